The molecule has 17 heavy (non-hydrogen) atoms. The predicted molar refractivity (Wildman–Crippen MR) is 60.4 cm³/mol. The van der Waals surface area contributed by atoms with Gasteiger partial charge in [-0.1, -0.05) is 17.7 Å². The molecule has 96 valence electrons. The Morgan fingerprint density at radius 1 is 1.41 bits per heavy atom. The molecule has 0 fully saturated rings. The summed E-state index contributed by atoms with van der Waals surface area (Å²) in [6.45, 7) is 0.413. The van der Waals surface area contributed by atoms with Crippen LogP contribution in [0.5, 0.6) is 5.75 Å². The Balaban J connectivity index is 2.87. The molecule has 0 aliphatic heterocycles. The van der Waals surface area contributed by atoms with E-state index in [1.165, 1.54) is 6.07 Å². The van der Waals surface area contributed by atoms with Crippen LogP contribution < -0.4 is 10.5 Å². The molecule has 0 saturated heterocycles. The molecule has 1 rings (SSSR count). The second kappa shape index (κ2) is 5.60. The summed E-state index contributed by atoms with van der Waals surface area (Å²) in [6.07, 6.45) is -4.00. The van der Waals surface area contributed by atoms with Gasteiger partial charge in [0.05, 0.1) is 0 Å². The Hall–Kier alpha value is -0.940. The van der Waals surface area contributed by atoms with Crippen molar-refractivity contribution in [2.75, 3.05) is 6.61 Å². The van der Waals surface area contributed by atoms with Crippen LogP contribution >= 0.6 is 11.6 Å². The Morgan fingerprint density at radius 2 is 2.06 bits per heavy atom. The highest BCUT2D eigenvalue weighted by Crippen LogP contribution is 2.29. The predicted octanol–water partition coefficient (Wildman–Crippen LogP) is 3.17. The topological polar surface area (TPSA) is 35.2 Å². The van der Waals surface area contributed by atoms with Crippen molar-refractivity contribution >= 4 is 11.6 Å². The Kier molecular flexibility index (Phi) is 4.65. The van der Waals surface area contributed by atoms with Gasteiger partial charge in [0.2, 0.25) is 0 Å². The molecule has 1 aromatic carbocycles. The van der Waals surface area contributed by atoms with Crippen molar-refractivity contribution in [3.63, 3.8) is 0 Å². The average Bonchev–Trinajstić information content (AvgIpc) is 2.17. The van der Waals surface area contributed by atoms with E-state index in [0.717, 1.165) is 0 Å². The zero-order chi connectivity index (χ0) is 13.1. The minimum atomic E-state index is -4.37. The maximum atomic E-state index is 12.1. The lowest BCUT2D eigenvalue weighted by molar-refractivity contribution is -0.153. The van der Waals surface area contributed by atoms with Crippen LogP contribution in [0.3, 0.4) is 0 Å². The summed E-state index contributed by atoms with van der Waals surface area (Å²) >= 11 is 5.91. The molecule has 2 nitrogen and oxygen atoms in total. The molecule has 0 bridgehead atoms. The van der Waals surface area contributed by atoms with E-state index in [0.29, 0.717) is 17.0 Å². The number of rotatable bonds is 4. The number of benzene rings is 1. The number of nitrogens with two attached hydrogens (primary N) is 1. The van der Waals surface area contributed by atoms with Gasteiger partial charge in [-0.05, 0) is 25.5 Å². The molecule has 1 aromatic rings. The molecule has 0 spiro atoms. The Bertz CT molecular complexity index is 379. The molecule has 0 saturated carbocycles. The molecule has 0 aliphatic rings. The maximum absolute atomic E-state index is 12.1. The fraction of sp³-hybridized carbons (Fsp3) is 0.455. The normalized spacial score (nSPS) is 13.5. The highest BCUT2D eigenvalue weighted by atomic mass is 35.5. The largest absolute Gasteiger partial charge is 0.484 e. The summed E-state index contributed by atoms with van der Waals surface area (Å²) < 4.78 is 40.9. The monoisotopic (exact) mass is 267 g/mol. The van der Waals surface area contributed by atoms with Crippen LogP contribution in [0.4, 0.5) is 13.2 Å². The number of ether oxygens (including phenoxy) is 1. The minimum absolute atomic E-state index is 0.132. The first kappa shape index (κ1) is 14.1. The summed E-state index contributed by atoms with van der Waals surface area (Å²) in [5, 5.41) is 0.363. The van der Waals surface area contributed by atoms with Gasteiger partial charge in [0.25, 0.3) is 0 Å². The van der Waals surface area contributed by atoms with E-state index < -0.39 is 12.8 Å². The van der Waals surface area contributed by atoms with Crippen molar-refractivity contribution < 1.29 is 17.9 Å². The number of alkyl halides is 3. The van der Waals surface area contributed by atoms with Gasteiger partial charge >= 0.3 is 6.18 Å². The van der Waals surface area contributed by atoms with Crippen molar-refractivity contribution in [3.8, 4) is 5.75 Å². The van der Waals surface area contributed by atoms with Crippen LogP contribution in [0.2, 0.25) is 5.02 Å². The molecule has 0 radical (unpaired) electrons. The smallest absolute Gasteiger partial charge is 0.422 e. The molecule has 0 heterocycles. The van der Waals surface area contributed by atoms with Crippen molar-refractivity contribution in [2.24, 2.45) is 5.73 Å². The van der Waals surface area contributed by atoms with Gasteiger partial charge in [-0.25, -0.2) is 0 Å². The summed E-state index contributed by atoms with van der Waals surface area (Å²) in [7, 11) is 0. The SMILES string of the molecule is CC(N)Cc1c(Cl)cccc1OCC(F)(F)F. The maximum Gasteiger partial charge on any atom is 0.422 e. The lowest BCUT2D eigenvalue weighted by Gasteiger charge is -2.15. The lowest BCUT2D eigenvalue weighted by Crippen LogP contribution is -2.22. The third-order valence-electron chi connectivity index (χ3n) is 1.99. The number of halogens is 4. The molecular weight excluding hydrogens is 255 g/mol. The molecule has 1 atom stereocenters. The van der Waals surface area contributed by atoms with Gasteiger partial charge in [0.15, 0.2) is 6.61 Å². The summed E-state index contributed by atoms with van der Waals surface area (Å²) in [5.74, 6) is 0.132. The van der Waals surface area contributed by atoms with Gasteiger partial charge in [0, 0.05) is 16.6 Å². The molecule has 0 amide bonds. The highest BCUT2D eigenvalue weighted by Gasteiger charge is 2.29. The summed E-state index contributed by atoms with van der Waals surface area (Å²) in [4.78, 5) is 0. The lowest BCUT2D eigenvalue weighted by atomic mass is 10.1. The van der Waals surface area contributed by atoms with E-state index >= 15 is 0 Å². The Morgan fingerprint density at radius 3 is 2.59 bits per heavy atom. The average molecular weight is 268 g/mol. The first-order chi connectivity index (χ1) is 7.79. The second-order valence-corrected chi connectivity index (χ2v) is 4.21. The standard InChI is InChI=1S/C11H13ClF3NO/c1-7(16)5-8-9(12)3-2-4-10(8)17-6-11(13,14)15/h2-4,7H,5-6,16H2,1H3. The third-order valence-corrected chi connectivity index (χ3v) is 2.35. The van der Waals surface area contributed by atoms with Gasteiger partial charge in [-0.3, -0.25) is 0 Å². The van der Waals surface area contributed by atoms with E-state index in [9.17, 15) is 13.2 Å². The quantitative estimate of drug-likeness (QED) is 0.909. The van der Waals surface area contributed by atoms with Crippen LogP contribution in [0, 0.1) is 0 Å². The molecular formula is C11H13ClF3NO. The zero-order valence-corrected chi connectivity index (χ0v) is 9.98. The van der Waals surface area contributed by atoms with E-state index in [1.807, 2.05) is 0 Å². The third kappa shape index (κ3) is 4.83. The van der Waals surface area contributed by atoms with Crippen molar-refractivity contribution in [1.82, 2.24) is 0 Å². The molecule has 0 aliphatic carbocycles. The fourth-order valence-corrected chi connectivity index (χ4v) is 1.60. The van der Waals surface area contributed by atoms with E-state index in [1.54, 1.807) is 19.1 Å². The van der Waals surface area contributed by atoms with Crippen LogP contribution in [0.15, 0.2) is 18.2 Å². The molecule has 2 N–H and O–H groups in total. The van der Waals surface area contributed by atoms with Crippen LogP contribution in [0.1, 0.15) is 12.5 Å². The summed E-state index contributed by atoms with van der Waals surface area (Å²) in [6, 6.07) is 4.39. The van der Waals surface area contributed by atoms with Gasteiger partial charge < -0.3 is 10.5 Å². The van der Waals surface area contributed by atoms with Crippen LogP contribution in [-0.2, 0) is 6.42 Å². The molecule has 6 heteroatoms. The van der Waals surface area contributed by atoms with Crippen LogP contribution in [0.25, 0.3) is 0 Å². The van der Waals surface area contributed by atoms with Crippen molar-refractivity contribution in [3.05, 3.63) is 28.8 Å². The zero-order valence-electron chi connectivity index (χ0n) is 9.22. The second-order valence-electron chi connectivity index (χ2n) is 3.80. The van der Waals surface area contributed by atoms with E-state index in [2.05, 4.69) is 0 Å². The van der Waals surface area contributed by atoms with E-state index in [4.69, 9.17) is 22.1 Å². The van der Waals surface area contributed by atoms with Crippen LogP contribution in [-0.4, -0.2) is 18.8 Å². The summed E-state index contributed by atoms with van der Waals surface area (Å²) in [5.41, 5.74) is 6.12. The van der Waals surface area contributed by atoms with Gasteiger partial charge in [-0.15, -0.1) is 0 Å². The minimum Gasteiger partial charge on any atom is -0.484 e. The van der Waals surface area contributed by atoms with Crippen molar-refractivity contribution in [1.29, 1.82) is 0 Å². The first-order valence-electron chi connectivity index (χ1n) is 5.02. The first-order valence-corrected chi connectivity index (χ1v) is 5.40. The van der Waals surface area contributed by atoms with E-state index in [-0.39, 0.29) is 11.8 Å². The van der Waals surface area contributed by atoms with Gasteiger partial charge in [-0.2, -0.15) is 13.2 Å². The molecule has 1 unspecified atom stereocenters. The number of hydrogen-bond acceptors (Lipinski definition) is 2. The Labute approximate surface area is 103 Å². The van der Waals surface area contributed by atoms with Crippen molar-refractivity contribution in [2.45, 2.75) is 25.6 Å². The highest BCUT2D eigenvalue weighted by molar-refractivity contribution is 6.31. The number of hydrogen-bond donors (Lipinski definition) is 1. The fourth-order valence-electron chi connectivity index (χ4n) is 1.35. The van der Waals surface area contributed by atoms with Gasteiger partial charge in [0.1, 0.15) is 5.75 Å². The molecule has 0 aromatic heterocycles.